The van der Waals surface area contributed by atoms with E-state index in [0.717, 1.165) is 0 Å². The van der Waals surface area contributed by atoms with Crippen LogP contribution in [0.2, 0.25) is 0 Å². The van der Waals surface area contributed by atoms with E-state index in [1.54, 1.807) is 48.8 Å². The first-order valence-corrected chi connectivity index (χ1v) is 7.93. The van der Waals surface area contributed by atoms with E-state index >= 15 is 0 Å². The molecule has 0 saturated carbocycles. The van der Waals surface area contributed by atoms with Crippen molar-refractivity contribution in [3.8, 4) is 34.0 Å². The highest BCUT2D eigenvalue weighted by atomic mass is 16.5. The molecule has 0 fully saturated rings. The van der Waals surface area contributed by atoms with Gasteiger partial charge in [-0.2, -0.15) is 0 Å². The molecule has 0 saturated heterocycles. The fourth-order valence-corrected chi connectivity index (χ4v) is 2.54. The predicted octanol–water partition coefficient (Wildman–Crippen LogP) is 3.66. The van der Waals surface area contributed by atoms with Crippen molar-refractivity contribution in [3.63, 3.8) is 0 Å². The Kier molecular flexibility index (Phi) is 5.03. The van der Waals surface area contributed by atoms with Crippen LogP contribution < -0.4 is 9.47 Å². The normalized spacial score (nSPS) is 10.2. The molecule has 3 rings (SSSR count). The van der Waals surface area contributed by atoms with Gasteiger partial charge in [0.25, 0.3) is 0 Å². The third-order valence-electron chi connectivity index (χ3n) is 3.49. The third-order valence-corrected chi connectivity index (χ3v) is 3.49. The molecule has 130 valence electrons. The molecule has 0 aliphatic heterocycles. The highest BCUT2D eigenvalue weighted by molar-refractivity contribution is 5.85. The average molecular weight is 348 g/mol. The smallest absolute Gasteiger partial charge is 0.308 e. The predicted molar refractivity (Wildman–Crippen MR) is 95.5 cm³/mol. The number of hydrogen-bond acceptors (Lipinski definition) is 6. The minimum atomic E-state index is -0.428. The van der Waals surface area contributed by atoms with Gasteiger partial charge in [-0.15, -0.1) is 0 Å². The Hall–Kier alpha value is -3.54. The molecule has 6 nitrogen and oxygen atoms in total. The molecule has 1 aromatic heterocycles. The summed E-state index contributed by atoms with van der Waals surface area (Å²) < 4.78 is 10.6. The maximum Gasteiger partial charge on any atom is 0.308 e. The molecule has 0 bridgehead atoms. The van der Waals surface area contributed by atoms with Gasteiger partial charge in [0, 0.05) is 37.4 Å². The first-order chi connectivity index (χ1) is 12.6. The molecule has 1 heterocycles. The highest BCUT2D eigenvalue weighted by Crippen LogP contribution is 2.37. The molecule has 3 aromatic rings. The minimum absolute atomic E-state index is 0.381. The van der Waals surface area contributed by atoms with E-state index in [4.69, 9.17) is 9.47 Å². The summed E-state index contributed by atoms with van der Waals surface area (Å²) in [6.07, 6.45) is 3.11. The van der Waals surface area contributed by atoms with Crippen LogP contribution in [0.5, 0.6) is 11.5 Å². The third kappa shape index (κ3) is 3.75. The lowest BCUT2D eigenvalue weighted by atomic mass is 10.0. The topological polar surface area (TPSA) is 78.4 Å². The number of rotatable bonds is 4. The number of carbonyl (C=O) groups excluding carboxylic acids is 2. The first-order valence-electron chi connectivity index (χ1n) is 7.93. The van der Waals surface area contributed by atoms with Gasteiger partial charge >= 0.3 is 11.9 Å². The van der Waals surface area contributed by atoms with Gasteiger partial charge in [0.05, 0.1) is 0 Å². The molecule has 0 unspecified atom stereocenters. The Labute approximate surface area is 150 Å². The monoisotopic (exact) mass is 348 g/mol. The highest BCUT2D eigenvalue weighted by Gasteiger charge is 2.18. The number of aromatic nitrogens is 2. The van der Waals surface area contributed by atoms with Crippen molar-refractivity contribution in [1.82, 2.24) is 9.97 Å². The lowest BCUT2D eigenvalue weighted by Gasteiger charge is -2.13. The minimum Gasteiger partial charge on any atom is -0.426 e. The Morgan fingerprint density at radius 1 is 0.692 bits per heavy atom. The maximum absolute atomic E-state index is 11.4. The number of carbonyl (C=O) groups is 2. The van der Waals surface area contributed by atoms with E-state index in [-0.39, 0.29) is 0 Å². The quantitative estimate of drug-likeness (QED) is 0.529. The number of para-hydroxylation sites is 2. The van der Waals surface area contributed by atoms with Crippen molar-refractivity contribution in [2.75, 3.05) is 0 Å². The zero-order chi connectivity index (χ0) is 18.5. The summed E-state index contributed by atoms with van der Waals surface area (Å²) in [6, 6.07) is 14.1. The number of benzene rings is 2. The molecule has 0 atom stereocenters. The molecular weight excluding hydrogens is 332 g/mol. The van der Waals surface area contributed by atoms with Crippen LogP contribution in [0.4, 0.5) is 0 Å². The van der Waals surface area contributed by atoms with Crippen LogP contribution in [0.15, 0.2) is 60.9 Å². The molecule has 0 N–H and O–H groups in total. The number of hydrogen-bond donors (Lipinski definition) is 0. The Bertz CT molecular complexity index is 891. The van der Waals surface area contributed by atoms with Gasteiger partial charge in [-0.05, 0) is 24.3 Å². The summed E-state index contributed by atoms with van der Waals surface area (Å²) in [5.41, 5.74) is 2.26. The first kappa shape index (κ1) is 17.3. The summed E-state index contributed by atoms with van der Waals surface area (Å²) in [5.74, 6) is -0.0927. The van der Waals surface area contributed by atoms with Crippen LogP contribution in [-0.4, -0.2) is 21.9 Å². The summed E-state index contributed by atoms with van der Waals surface area (Å²) in [5, 5.41) is 0. The van der Waals surface area contributed by atoms with Crippen LogP contribution in [0.25, 0.3) is 22.5 Å². The number of esters is 2. The molecule has 0 radical (unpaired) electrons. The largest absolute Gasteiger partial charge is 0.426 e. The van der Waals surface area contributed by atoms with Crippen LogP contribution in [0.1, 0.15) is 13.8 Å². The van der Waals surface area contributed by atoms with E-state index < -0.39 is 11.9 Å². The van der Waals surface area contributed by atoms with Gasteiger partial charge in [-0.25, -0.2) is 0 Å². The summed E-state index contributed by atoms with van der Waals surface area (Å²) in [6.45, 7) is 2.68. The molecule has 0 aliphatic carbocycles. The van der Waals surface area contributed by atoms with Crippen molar-refractivity contribution in [3.05, 3.63) is 60.9 Å². The van der Waals surface area contributed by atoms with Crippen LogP contribution >= 0.6 is 0 Å². The van der Waals surface area contributed by atoms with Gasteiger partial charge in [0.1, 0.15) is 22.9 Å². The van der Waals surface area contributed by atoms with Crippen molar-refractivity contribution < 1.29 is 19.1 Å². The van der Waals surface area contributed by atoms with Gasteiger partial charge in [0.2, 0.25) is 0 Å². The fraction of sp³-hybridized carbons (Fsp3) is 0.100. The molecular formula is C20H16N2O4. The molecule has 26 heavy (non-hydrogen) atoms. The van der Waals surface area contributed by atoms with E-state index in [1.165, 1.54) is 13.8 Å². The average Bonchev–Trinajstić information content (AvgIpc) is 2.62. The van der Waals surface area contributed by atoms with Crippen molar-refractivity contribution >= 4 is 11.9 Å². The molecule has 6 heteroatoms. The second-order valence-electron chi connectivity index (χ2n) is 5.43. The Balaban J connectivity index is 2.18. The Morgan fingerprint density at radius 3 is 1.46 bits per heavy atom. The standard InChI is InChI=1S/C20H16N2O4/c1-13(23)25-17-9-5-3-7-15(17)19-20(22-12-11-21-19)16-8-4-6-10-18(16)26-14(2)24/h3-12H,1-2H3. The summed E-state index contributed by atoms with van der Waals surface area (Å²) in [7, 11) is 0. The van der Waals surface area contributed by atoms with Crippen molar-refractivity contribution in [2.24, 2.45) is 0 Å². The van der Waals surface area contributed by atoms with Gasteiger partial charge in [-0.1, -0.05) is 24.3 Å². The van der Waals surface area contributed by atoms with Gasteiger partial charge < -0.3 is 9.47 Å². The number of ether oxygens (including phenoxy) is 2. The summed E-state index contributed by atoms with van der Waals surface area (Å²) in [4.78, 5) is 31.7. The van der Waals surface area contributed by atoms with E-state index in [1.807, 2.05) is 12.1 Å². The second kappa shape index (κ2) is 7.57. The van der Waals surface area contributed by atoms with E-state index in [2.05, 4.69) is 9.97 Å². The van der Waals surface area contributed by atoms with Crippen molar-refractivity contribution in [1.29, 1.82) is 0 Å². The van der Waals surface area contributed by atoms with E-state index in [9.17, 15) is 9.59 Å². The molecule has 0 spiro atoms. The molecule has 2 aromatic carbocycles. The lowest BCUT2D eigenvalue weighted by molar-refractivity contribution is -0.132. The van der Waals surface area contributed by atoms with Crippen molar-refractivity contribution in [2.45, 2.75) is 13.8 Å². The lowest BCUT2D eigenvalue weighted by Crippen LogP contribution is -2.05. The summed E-state index contributed by atoms with van der Waals surface area (Å²) >= 11 is 0. The SMILES string of the molecule is CC(=O)Oc1ccccc1-c1nccnc1-c1ccccc1OC(C)=O. The maximum atomic E-state index is 11.4. The second-order valence-corrected chi connectivity index (χ2v) is 5.43. The zero-order valence-corrected chi connectivity index (χ0v) is 14.3. The number of nitrogens with zero attached hydrogens (tertiary/aromatic N) is 2. The molecule has 0 aliphatic rings. The van der Waals surface area contributed by atoms with Crippen LogP contribution in [-0.2, 0) is 9.59 Å². The van der Waals surface area contributed by atoms with E-state index in [0.29, 0.717) is 34.0 Å². The van der Waals surface area contributed by atoms with Gasteiger partial charge in [-0.3, -0.25) is 19.6 Å². The van der Waals surface area contributed by atoms with Crippen LogP contribution in [0, 0.1) is 0 Å². The fourth-order valence-electron chi connectivity index (χ4n) is 2.54. The molecule has 0 amide bonds. The van der Waals surface area contributed by atoms with Crippen LogP contribution in [0.3, 0.4) is 0 Å². The van der Waals surface area contributed by atoms with Gasteiger partial charge in [0.15, 0.2) is 0 Å². The zero-order valence-electron chi connectivity index (χ0n) is 14.3. The Morgan fingerprint density at radius 2 is 1.08 bits per heavy atom.